The number of rotatable bonds is 3. The van der Waals surface area contributed by atoms with Crippen molar-refractivity contribution in [1.29, 1.82) is 0 Å². The van der Waals surface area contributed by atoms with Crippen LogP contribution in [0, 0.1) is 11.3 Å². The summed E-state index contributed by atoms with van der Waals surface area (Å²) in [5.74, 6) is 0.396. The monoisotopic (exact) mass is 413 g/mol. The predicted octanol–water partition coefficient (Wildman–Crippen LogP) is 1.72. The van der Waals surface area contributed by atoms with Crippen molar-refractivity contribution in [3.8, 4) is 0 Å². The first-order chi connectivity index (χ1) is 12.5. The molecule has 0 bridgehead atoms. The molecule has 1 unspecified atom stereocenters. The summed E-state index contributed by atoms with van der Waals surface area (Å²) >= 11 is 0. The minimum Gasteiger partial charge on any atom is -0.341 e. The lowest BCUT2D eigenvalue weighted by atomic mass is 9.91. The quantitative estimate of drug-likeness (QED) is 0.819. The molecule has 0 radical (unpaired) electrons. The largest absolute Gasteiger partial charge is 0.341 e. The molecule has 1 amide bonds. The van der Waals surface area contributed by atoms with Crippen molar-refractivity contribution >= 4 is 28.3 Å². The van der Waals surface area contributed by atoms with E-state index in [0.717, 1.165) is 32.4 Å². The molecular formula is C19H28ClN3O3S. The maximum Gasteiger partial charge on any atom is 0.243 e. The fourth-order valence-corrected chi connectivity index (χ4v) is 5.98. The van der Waals surface area contributed by atoms with Gasteiger partial charge in [-0.15, -0.1) is 12.4 Å². The Morgan fingerprint density at radius 3 is 2.44 bits per heavy atom. The van der Waals surface area contributed by atoms with E-state index >= 15 is 0 Å². The highest BCUT2D eigenvalue weighted by atomic mass is 35.5. The van der Waals surface area contributed by atoms with Crippen LogP contribution >= 0.6 is 12.4 Å². The van der Waals surface area contributed by atoms with Crippen LogP contribution in [-0.2, 0) is 14.8 Å². The molecule has 2 saturated heterocycles. The molecular weight excluding hydrogens is 386 g/mol. The third-order valence-electron chi connectivity index (χ3n) is 6.23. The summed E-state index contributed by atoms with van der Waals surface area (Å²) in [7, 11) is -3.48. The SMILES string of the molecule is Cl.O=C(C1CC12CCNCC2)N1CCCN(S(=O)(=O)c2ccccc2)CC1. The first-order valence-electron chi connectivity index (χ1n) is 9.58. The molecule has 8 heteroatoms. The number of amides is 1. The number of halogens is 1. The average Bonchev–Trinajstić information content (AvgIpc) is 3.41. The summed E-state index contributed by atoms with van der Waals surface area (Å²) in [6, 6.07) is 8.56. The van der Waals surface area contributed by atoms with Gasteiger partial charge in [0.25, 0.3) is 0 Å². The fourth-order valence-electron chi connectivity index (χ4n) is 4.49. The Morgan fingerprint density at radius 2 is 1.74 bits per heavy atom. The van der Waals surface area contributed by atoms with Crippen molar-refractivity contribution in [3.63, 3.8) is 0 Å². The van der Waals surface area contributed by atoms with Crippen molar-refractivity contribution in [1.82, 2.24) is 14.5 Å². The maximum atomic E-state index is 13.0. The number of benzene rings is 1. The standard InChI is InChI=1S/C19H27N3O3S.ClH/c23-18(17-15-19(17)7-9-20-10-8-19)21-11-4-12-22(14-13-21)26(24,25)16-5-2-1-3-6-16;/h1-3,5-6,17,20H,4,7-15H2;1H. The summed E-state index contributed by atoms with van der Waals surface area (Å²) in [5, 5.41) is 3.37. The number of hydrogen-bond donors (Lipinski definition) is 1. The number of sulfonamides is 1. The van der Waals surface area contributed by atoms with E-state index in [1.807, 2.05) is 11.0 Å². The second-order valence-electron chi connectivity index (χ2n) is 7.77. The van der Waals surface area contributed by atoms with Gasteiger partial charge in [-0.3, -0.25) is 4.79 Å². The van der Waals surface area contributed by atoms with Crippen LogP contribution in [-0.4, -0.2) is 62.8 Å². The Hall–Kier alpha value is -1.15. The van der Waals surface area contributed by atoms with Crippen LogP contribution in [0.3, 0.4) is 0 Å². The molecule has 1 atom stereocenters. The highest BCUT2D eigenvalue weighted by Gasteiger charge is 2.58. The number of hydrogen-bond acceptors (Lipinski definition) is 4. The minimum atomic E-state index is -3.48. The highest BCUT2D eigenvalue weighted by molar-refractivity contribution is 7.89. The Labute approximate surface area is 167 Å². The van der Waals surface area contributed by atoms with Gasteiger partial charge in [0.2, 0.25) is 15.9 Å². The predicted molar refractivity (Wildman–Crippen MR) is 106 cm³/mol. The first kappa shape index (κ1) is 20.6. The molecule has 27 heavy (non-hydrogen) atoms. The molecule has 1 spiro atoms. The Morgan fingerprint density at radius 1 is 1.04 bits per heavy atom. The van der Waals surface area contributed by atoms with Crippen LogP contribution in [0.15, 0.2) is 35.2 Å². The summed E-state index contributed by atoms with van der Waals surface area (Å²) < 4.78 is 27.2. The molecule has 6 nitrogen and oxygen atoms in total. The highest BCUT2D eigenvalue weighted by Crippen LogP contribution is 2.59. The third-order valence-corrected chi connectivity index (χ3v) is 8.15. The zero-order chi connectivity index (χ0) is 18.2. The number of carbonyl (C=O) groups is 1. The molecule has 0 aromatic heterocycles. The first-order valence-corrected chi connectivity index (χ1v) is 11.0. The average molecular weight is 414 g/mol. The third kappa shape index (κ3) is 4.01. The number of nitrogens with zero attached hydrogens (tertiary/aromatic N) is 2. The lowest BCUT2D eigenvalue weighted by molar-refractivity contribution is -0.133. The molecule has 1 aliphatic carbocycles. The van der Waals surface area contributed by atoms with Gasteiger partial charge < -0.3 is 10.2 Å². The molecule has 3 aliphatic rings. The van der Waals surface area contributed by atoms with Gasteiger partial charge in [0.05, 0.1) is 4.90 Å². The van der Waals surface area contributed by atoms with Crippen molar-refractivity contribution in [2.24, 2.45) is 11.3 Å². The number of nitrogens with one attached hydrogen (secondary N) is 1. The van der Waals surface area contributed by atoms with Crippen molar-refractivity contribution in [2.75, 3.05) is 39.3 Å². The molecule has 2 aliphatic heterocycles. The fraction of sp³-hybridized carbons (Fsp3) is 0.632. The second-order valence-corrected chi connectivity index (χ2v) is 9.70. The molecule has 4 rings (SSSR count). The van der Waals surface area contributed by atoms with Gasteiger partial charge in [-0.2, -0.15) is 4.31 Å². The van der Waals surface area contributed by atoms with E-state index in [4.69, 9.17) is 0 Å². The van der Waals surface area contributed by atoms with Crippen molar-refractivity contribution < 1.29 is 13.2 Å². The summed E-state index contributed by atoms with van der Waals surface area (Å²) in [4.78, 5) is 15.2. The lowest BCUT2D eigenvalue weighted by Crippen LogP contribution is -2.39. The number of carbonyl (C=O) groups excluding carboxylic acids is 1. The summed E-state index contributed by atoms with van der Waals surface area (Å²) in [6.45, 7) is 4.02. The molecule has 2 heterocycles. The molecule has 150 valence electrons. The van der Waals surface area contributed by atoms with Crippen LogP contribution in [0.2, 0.25) is 0 Å². The minimum absolute atomic E-state index is 0. The van der Waals surface area contributed by atoms with Gasteiger partial charge in [0.1, 0.15) is 0 Å². The molecule has 1 aromatic carbocycles. The molecule has 3 fully saturated rings. The van der Waals surface area contributed by atoms with Gasteiger partial charge in [-0.1, -0.05) is 18.2 Å². The van der Waals surface area contributed by atoms with Crippen molar-refractivity contribution in [3.05, 3.63) is 30.3 Å². The smallest absolute Gasteiger partial charge is 0.243 e. The zero-order valence-corrected chi connectivity index (χ0v) is 17.1. The van der Waals surface area contributed by atoms with Gasteiger partial charge in [-0.25, -0.2) is 8.42 Å². The summed E-state index contributed by atoms with van der Waals surface area (Å²) in [6.07, 6.45) is 3.88. The number of piperidine rings is 1. The van der Waals surface area contributed by atoms with E-state index in [1.165, 1.54) is 4.31 Å². The van der Waals surface area contributed by atoms with Crippen LogP contribution in [0.5, 0.6) is 0 Å². The second kappa shape index (κ2) is 8.07. The summed E-state index contributed by atoms with van der Waals surface area (Å²) in [5.41, 5.74) is 0.227. The lowest BCUT2D eigenvalue weighted by Gasteiger charge is -2.26. The zero-order valence-electron chi connectivity index (χ0n) is 15.5. The molecule has 1 N–H and O–H groups in total. The Bertz CT molecular complexity index is 766. The van der Waals surface area contributed by atoms with Gasteiger partial charge in [0, 0.05) is 32.1 Å². The topological polar surface area (TPSA) is 69.7 Å². The van der Waals surface area contributed by atoms with Gasteiger partial charge in [0.15, 0.2) is 0 Å². The Kier molecular flexibility index (Phi) is 6.15. The van der Waals surface area contributed by atoms with Crippen LogP contribution in [0.25, 0.3) is 0 Å². The van der Waals surface area contributed by atoms with Gasteiger partial charge in [-0.05, 0) is 56.3 Å². The van der Waals surface area contributed by atoms with Crippen LogP contribution < -0.4 is 5.32 Å². The van der Waals surface area contributed by atoms with E-state index in [-0.39, 0.29) is 29.6 Å². The van der Waals surface area contributed by atoms with E-state index in [0.29, 0.717) is 37.5 Å². The normalized spacial score (nSPS) is 25.5. The molecule has 1 saturated carbocycles. The van der Waals surface area contributed by atoms with Gasteiger partial charge >= 0.3 is 0 Å². The van der Waals surface area contributed by atoms with E-state index in [1.54, 1.807) is 24.3 Å². The van der Waals surface area contributed by atoms with E-state index in [2.05, 4.69) is 5.32 Å². The maximum absolute atomic E-state index is 13.0. The van der Waals surface area contributed by atoms with Crippen molar-refractivity contribution in [2.45, 2.75) is 30.6 Å². The van der Waals surface area contributed by atoms with Crippen LogP contribution in [0.1, 0.15) is 25.7 Å². The Balaban J connectivity index is 0.00000210. The van der Waals surface area contributed by atoms with E-state index < -0.39 is 10.0 Å². The molecule has 1 aromatic rings. The van der Waals surface area contributed by atoms with Crippen LogP contribution in [0.4, 0.5) is 0 Å². The van der Waals surface area contributed by atoms with E-state index in [9.17, 15) is 13.2 Å².